The SMILES string of the molecule is COC(=O)[C@H]1CCCN1C(=O)c1ccc(S(=O)(=O)N(C)c2ccccc2OC)cc1. The minimum atomic E-state index is -3.86. The monoisotopic (exact) mass is 432 g/mol. The van der Waals surface area contributed by atoms with Crippen LogP contribution in [0.1, 0.15) is 23.2 Å². The van der Waals surface area contributed by atoms with E-state index < -0.39 is 22.0 Å². The average Bonchev–Trinajstić information content (AvgIpc) is 3.27. The van der Waals surface area contributed by atoms with E-state index in [1.54, 1.807) is 24.3 Å². The number of rotatable bonds is 6. The number of sulfonamides is 1. The lowest BCUT2D eigenvalue weighted by atomic mass is 10.1. The zero-order valence-corrected chi connectivity index (χ0v) is 17.9. The van der Waals surface area contributed by atoms with Crippen LogP contribution in [0.15, 0.2) is 53.4 Å². The summed E-state index contributed by atoms with van der Waals surface area (Å²) < 4.78 is 37.2. The highest BCUT2D eigenvalue weighted by Gasteiger charge is 2.35. The third-order valence-corrected chi connectivity index (χ3v) is 6.96. The van der Waals surface area contributed by atoms with E-state index in [0.717, 1.165) is 4.31 Å². The summed E-state index contributed by atoms with van der Waals surface area (Å²) in [5, 5.41) is 0. The number of benzene rings is 2. The second-order valence-corrected chi connectivity index (χ2v) is 8.82. The van der Waals surface area contributed by atoms with E-state index in [2.05, 4.69) is 0 Å². The van der Waals surface area contributed by atoms with Crippen LogP contribution in [0.2, 0.25) is 0 Å². The van der Waals surface area contributed by atoms with Gasteiger partial charge in [-0.05, 0) is 49.2 Å². The van der Waals surface area contributed by atoms with E-state index in [1.165, 1.54) is 50.4 Å². The van der Waals surface area contributed by atoms with Gasteiger partial charge in [0, 0.05) is 19.2 Å². The second kappa shape index (κ2) is 8.74. The van der Waals surface area contributed by atoms with Crippen LogP contribution in [0, 0.1) is 0 Å². The molecule has 0 aromatic heterocycles. The van der Waals surface area contributed by atoms with Crippen molar-refractivity contribution < 1.29 is 27.5 Å². The molecule has 0 bridgehead atoms. The lowest BCUT2D eigenvalue weighted by molar-refractivity contribution is -0.145. The third-order valence-electron chi connectivity index (χ3n) is 5.17. The fourth-order valence-electron chi connectivity index (χ4n) is 3.50. The van der Waals surface area contributed by atoms with Gasteiger partial charge in [-0.15, -0.1) is 0 Å². The molecular weight excluding hydrogens is 408 g/mol. The lowest BCUT2D eigenvalue weighted by Crippen LogP contribution is -2.41. The molecule has 0 saturated carbocycles. The van der Waals surface area contributed by atoms with Crippen molar-refractivity contribution in [2.75, 3.05) is 32.1 Å². The predicted octanol–water partition coefficient (Wildman–Crippen LogP) is 2.30. The molecular formula is C21H24N2O6S. The normalized spacial score (nSPS) is 16.2. The van der Waals surface area contributed by atoms with Crippen LogP contribution in [0.5, 0.6) is 5.75 Å². The summed E-state index contributed by atoms with van der Waals surface area (Å²) in [5.41, 5.74) is 0.711. The fourth-order valence-corrected chi connectivity index (χ4v) is 4.71. The molecule has 0 spiro atoms. The molecule has 2 aromatic carbocycles. The highest BCUT2D eigenvalue weighted by molar-refractivity contribution is 7.92. The van der Waals surface area contributed by atoms with E-state index in [1.807, 2.05) is 0 Å². The Morgan fingerprint density at radius 3 is 2.37 bits per heavy atom. The number of carbonyl (C=O) groups is 2. The topological polar surface area (TPSA) is 93.2 Å². The summed E-state index contributed by atoms with van der Waals surface area (Å²) in [4.78, 5) is 26.2. The van der Waals surface area contributed by atoms with Gasteiger partial charge in [-0.1, -0.05) is 12.1 Å². The van der Waals surface area contributed by atoms with Crippen molar-refractivity contribution in [1.29, 1.82) is 0 Å². The van der Waals surface area contributed by atoms with Gasteiger partial charge in [-0.2, -0.15) is 0 Å². The zero-order chi connectivity index (χ0) is 21.9. The molecule has 0 N–H and O–H groups in total. The van der Waals surface area contributed by atoms with Crippen molar-refractivity contribution in [1.82, 2.24) is 4.90 Å². The quantitative estimate of drug-likeness (QED) is 0.651. The Hall–Kier alpha value is -3.07. The first-order valence-corrected chi connectivity index (χ1v) is 10.9. The molecule has 8 nitrogen and oxygen atoms in total. The molecule has 160 valence electrons. The summed E-state index contributed by atoms with van der Waals surface area (Å²) in [5.74, 6) is -0.346. The fraction of sp³-hybridized carbons (Fsp3) is 0.333. The van der Waals surface area contributed by atoms with Gasteiger partial charge in [-0.3, -0.25) is 9.10 Å². The van der Waals surface area contributed by atoms with Crippen molar-refractivity contribution in [3.05, 3.63) is 54.1 Å². The van der Waals surface area contributed by atoms with E-state index in [9.17, 15) is 18.0 Å². The van der Waals surface area contributed by atoms with Crippen LogP contribution in [-0.2, 0) is 19.6 Å². The van der Waals surface area contributed by atoms with Gasteiger partial charge >= 0.3 is 5.97 Å². The first-order chi connectivity index (χ1) is 14.3. The molecule has 2 aromatic rings. The lowest BCUT2D eigenvalue weighted by Gasteiger charge is -2.23. The highest BCUT2D eigenvalue weighted by atomic mass is 32.2. The van der Waals surface area contributed by atoms with Gasteiger partial charge in [0.2, 0.25) is 0 Å². The molecule has 1 saturated heterocycles. The standard InChI is InChI=1S/C21H24N2O6S/c1-22(17-7-4-5-9-19(17)28-2)30(26,27)16-12-10-15(11-13-16)20(24)23-14-6-8-18(23)21(25)29-3/h4-5,7,9-13,18H,6,8,14H2,1-3H3/t18-/m1/s1. The van der Waals surface area contributed by atoms with E-state index in [4.69, 9.17) is 9.47 Å². The summed E-state index contributed by atoms with van der Waals surface area (Å²) in [6.45, 7) is 0.454. The van der Waals surface area contributed by atoms with Crippen molar-refractivity contribution in [3.63, 3.8) is 0 Å². The van der Waals surface area contributed by atoms with Crippen LogP contribution in [0.3, 0.4) is 0 Å². The molecule has 3 rings (SSSR count). The van der Waals surface area contributed by atoms with Crippen LogP contribution in [0.4, 0.5) is 5.69 Å². The first-order valence-electron chi connectivity index (χ1n) is 9.42. The Bertz CT molecular complexity index is 1040. The van der Waals surface area contributed by atoms with Gasteiger partial charge < -0.3 is 14.4 Å². The van der Waals surface area contributed by atoms with Gasteiger partial charge in [0.25, 0.3) is 15.9 Å². The molecule has 1 atom stereocenters. The zero-order valence-electron chi connectivity index (χ0n) is 17.1. The molecule has 0 unspecified atom stereocenters. The van der Waals surface area contributed by atoms with Crippen molar-refractivity contribution in [2.45, 2.75) is 23.8 Å². The van der Waals surface area contributed by atoms with Gasteiger partial charge in [0.1, 0.15) is 11.8 Å². The van der Waals surface area contributed by atoms with Gasteiger partial charge in [-0.25, -0.2) is 13.2 Å². The van der Waals surface area contributed by atoms with Crippen molar-refractivity contribution in [2.24, 2.45) is 0 Å². The molecule has 9 heteroatoms. The molecule has 0 radical (unpaired) electrons. The molecule has 1 fully saturated rings. The summed E-state index contributed by atoms with van der Waals surface area (Å²) >= 11 is 0. The van der Waals surface area contributed by atoms with Crippen molar-refractivity contribution in [3.8, 4) is 5.75 Å². The van der Waals surface area contributed by atoms with E-state index >= 15 is 0 Å². The second-order valence-electron chi connectivity index (χ2n) is 6.85. The van der Waals surface area contributed by atoms with Crippen molar-refractivity contribution >= 4 is 27.6 Å². The van der Waals surface area contributed by atoms with E-state index in [0.29, 0.717) is 36.4 Å². The van der Waals surface area contributed by atoms with Crippen LogP contribution in [-0.4, -0.2) is 59.0 Å². The average molecular weight is 432 g/mol. The number of methoxy groups -OCH3 is 2. The molecule has 0 aliphatic carbocycles. The number of para-hydroxylation sites is 2. The number of amides is 1. The number of nitrogens with zero attached hydrogens (tertiary/aromatic N) is 2. The first kappa shape index (κ1) is 21.6. The van der Waals surface area contributed by atoms with Gasteiger partial charge in [0.15, 0.2) is 0 Å². The summed E-state index contributed by atoms with van der Waals surface area (Å²) in [6, 6.07) is 11.9. The van der Waals surface area contributed by atoms with Crippen LogP contribution >= 0.6 is 0 Å². The minimum absolute atomic E-state index is 0.0402. The smallest absolute Gasteiger partial charge is 0.328 e. The number of carbonyl (C=O) groups excluding carboxylic acids is 2. The summed E-state index contributed by atoms with van der Waals surface area (Å²) in [6.07, 6.45) is 1.26. The Labute approximate surface area is 176 Å². The molecule has 1 aliphatic rings. The molecule has 1 heterocycles. The number of hydrogen-bond donors (Lipinski definition) is 0. The molecule has 1 aliphatic heterocycles. The van der Waals surface area contributed by atoms with E-state index in [-0.39, 0.29) is 10.8 Å². The Kier molecular flexibility index (Phi) is 6.31. The maximum Gasteiger partial charge on any atom is 0.328 e. The third kappa shape index (κ3) is 3.97. The number of likely N-dealkylation sites (tertiary alicyclic amines) is 1. The number of ether oxygens (including phenoxy) is 2. The predicted molar refractivity (Wildman–Crippen MR) is 111 cm³/mol. The number of anilines is 1. The number of hydrogen-bond acceptors (Lipinski definition) is 6. The minimum Gasteiger partial charge on any atom is -0.495 e. The maximum atomic E-state index is 13.0. The van der Waals surface area contributed by atoms with Crippen LogP contribution < -0.4 is 9.04 Å². The largest absolute Gasteiger partial charge is 0.495 e. The Balaban J connectivity index is 1.84. The Morgan fingerprint density at radius 2 is 1.73 bits per heavy atom. The number of esters is 1. The maximum absolute atomic E-state index is 13.0. The summed E-state index contributed by atoms with van der Waals surface area (Å²) in [7, 11) is 0.347. The Morgan fingerprint density at radius 1 is 1.07 bits per heavy atom. The highest BCUT2D eigenvalue weighted by Crippen LogP contribution is 2.31. The van der Waals surface area contributed by atoms with Gasteiger partial charge in [0.05, 0.1) is 24.8 Å². The van der Waals surface area contributed by atoms with Crippen LogP contribution in [0.25, 0.3) is 0 Å². The molecule has 1 amide bonds. The molecule has 30 heavy (non-hydrogen) atoms.